The SMILES string of the molecule is CC(CCS(C)=O)NC1CCCS(=O)(=O)C1. The molecule has 1 N–H and O–H groups in total. The third-order valence-corrected chi connectivity index (χ3v) is 5.45. The van der Waals surface area contributed by atoms with Gasteiger partial charge in [0.1, 0.15) is 0 Å². The molecule has 1 rings (SSSR count). The van der Waals surface area contributed by atoms with Crippen molar-refractivity contribution in [1.29, 1.82) is 0 Å². The van der Waals surface area contributed by atoms with E-state index in [0.717, 1.165) is 19.3 Å². The first-order valence-electron chi connectivity index (χ1n) is 5.65. The summed E-state index contributed by atoms with van der Waals surface area (Å²) in [6.45, 7) is 2.02. The fraction of sp³-hybridized carbons (Fsp3) is 1.00. The molecule has 0 spiro atoms. The molecule has 1 heterocycles. The van der Waals surface area contributed by atoms with E-state index >= 15 is 0 Å². The maximum atomic E-state index is 11.4. The molecule has 1 aliphatic rings. The van der Waals surface area contributed by atoms with Crippen LogP contribution in [0.5, 0.6) is 0 Å². The van der Waals surface area contributed by atoms with Crippen molar-refractivity contribution in [3.8, 4) is 0 Å². The molecule has 1 aliphatic heterocycles. The zero-order chi connectivity index (χ0) is 12.2. The van der Waals surface area contributed by atoms with Gasteiger partial charge in [-0.2, -0.15) is 0 Å². The van der Waals surface area contributed by atoms with Gasteiger partial charge in [0.15, 0.2) is 9.84 Å². The van der Waals surface area contributed by atoms with Crippen LogP contribution in [-0.2, 0) is 20.6 Å². The van der Waals surface area contributed by atoms with Crippen LogP contribution in [0.4, 0.5) is 0 Å². The number of hydrogen-bond acceptors (Lipinski definition) is 4. The van der Waals surface area contributed by atoms with Gasteiger partial charge in [0.05, 0.1) is 11.5 Å². The lowest BCUT2D eigenvalue weighted by Gasteiger charge is -2.26. The van der Waals surface area contributed by atoms with E-state index in [4.69, 9.17) is 0 Å². The van der Waals surface area contributed by atoms with Crippen LogP contribution in [0.25, 0.3) is 0 Å². The largest absolute Gasteiger partial charge is 0.310 e. The highest BCUT2D eigenvalue weighted by Gasteiger charge is 2.25. The fourth-order valence-electron chi connectivity index (χ4n) is 1.98. The zero-order valence-corrected chi connectivity index (χ0v) is 11.6. The van der Waals surface area contributed by atoms with Crippen molar-refractivity contribution >= 4 is 20.6 Å². The third-order valence-electron chi connectivity index (χ3n) is 2.82. The van der Waals surface area contributed by atoms with Crippen LogP contribution >= 0.6 is 0 Å². The third kappa shape index (κ3) is 5.41. The molecular weight excluding hydrogens is 246 g/mol. The van der Waals surface area contributed by atoms with Crippen LogP contribution in [0.15, 0.2) is 0 Å². The van der Waals surface area contributed by atoms with Crippen LogP contribution in [0.1, 0.15) is 26.2 Å². The molecule has 0 amide bonds. The van der Waals surface area contributed by atoms with Crippen molar-refractivity contribution in [3.05, 3.63) is 0 Å². The molecule has 16 heavy (non-hydrogen) atoms. The van der Waals surface area contributed by atoms with Gasteiger partial charge in [-0.05, 0) is 26.2 Å². The second kappa shape index (κ2) is 6.12. The molecular formula is C10H21NO3S2. The van der Waals surface area contributed by atoms with Crippen molar-refractivity contribution in [2.45, 2.75) is 38.3 Å². The predicted molar refractivity (Wildman–Crippen MR) is 67.8 cm³/mol. The Hall–Kier alpha value is 0.0600. The van der Waals surface area contributed by atoms with Crippen LogP contribution in [-0.4, -0.2) is 48.2 Å². The summed E-state index contributed by atoms with van der Waals surface area (Å²) in [5.74, 6) is 1.26. The Morgan fingerprint density at radius 2 is 2.19 bits per heavy atom. The first kappa shape index (κ1) is 14.1. The van der Waals surface area contributed by atoms with Crippen molar-refractivity contribution < 1.29 is 12.6 Å². The average molecular weight is 267 g/mol. The van der Waals surface area contributed by atoms with E-state index in [-0.39, 0.29) is 17.8 Å². The zero-order valence-electron chi connectivity index (χ0n) is 9.94. The Balaban J connectivity index is 2.33. The Labute approximate surface area is 101 Å². The molecule has 3 unspecified atom stereocenters. The molecule has 0 bridgehead atoms. The molecule has 0 aromatic rings. The van der Waals surface area contributed by atoms with Gasteiger partial charge in [-0.1, -0.05) is 0 Å². The minimum absolute atomic E-state index is 0.0824. The summed E-state index contributed by atoms with van der Waals surface area (Å²) in [6, 6.07) is 0.321. The highest BCUT2D eigenvalue weighted by molar-refractivity contribution is 7.91. The van der Waals surface area contributed by atoms with E-state index in [0.29, 0.717) is 11.5 Å². The number of nitrogens with one attached hydrogen (secondary N) is 1. The monoisotopic (exact) mass is 267 g/mol. The van der Waals surface area contributed by atoms with Gasteiger partial charge in [0, 0.05) is 34.9 Å². The highest BCUT2D eigenvalue weighted by atomic mass is 32.2. The van der Waals surface area contributed by atoms with Gasteiger partial charge in [0.2, 0.25) is 0 Å². The van der Waals surface area contributed by atoms with E-state index in [1.807, 2.05) is 6.92 Å². The molecule has 0 aromatic carbocycles. The number of hydrogen-bond donors (Lipinski definition) is 1. The van der Waals surface area contributed by atoms with Gasteiger partial charge < -0.3 is 5.32 Å². The predicted octanol–water partition coefficient (Wildman–Crippen LogP) is 0.310. The van der Waals surface area contributed by atoms with Gasteiger partial charge in [-0.3, -0.25) is 4.21 Å². The lowest BCUT2D eigenvalue weighted by molar-refractivity contribution is 0.424. The summed E-state index contributed by atoms with van der Waals surface area (Å²) in [7, 11) is -3.60. The average Bonchev–Trinajstić information content (AvgIpc) is 2.13. The molecule has 6 heteroatoms. The summed E-state index contributed by atoms with van der Waals surface area (Å²) in [6.07, 6.45) is 4.21. The number of rotatable bonds is 5. The molecule has 1 fully saturated rings. The summed E-state index contributed by atoms with van der Waals surface area (Å²) in [4.78, 5) is 0. The van der Waals surface area contributed by atoms with E-state index in [9.17, 15) is 12.6 Å². The lowest BCUT2D eigenvalue weighted by Crippen LogP contribution is -2.44. The van der Waals surface area contributed by atoms with Crippen molar-refractivity contribution in [2.75, 3.05) is 23.5 Å². The topological polar surface area (TPSA) is 63.2 Å². The maximum Gasteiger partial charge on any atom is 0.151 e. The van der Waals surface area contributed by atoms with Gasteiger partial charge in [0.25, 0.3) is 0 Å². The molecule has 4 nitrogen and oxygen atoms in total. The standard InChI is InChI=1S/C10H21NO3S2/c1-9(5-6-15(2)12)11-10-4-3-7-16(13,14)8-10/h9-11H,3-8H2,1-2H3. The molecule has 0 saturated carbocycles. The smallest absolute Gasteiger partial charge is 0.151 e. The molecule has 96 valence electrons. The molecule has 0 aliphatic carbocycles. The minimum atomic E-state index is -2.83. The Kier molecular flexibility index (Phi) is 5.40. The second-order valence-corrected chi connectivity index (χ2v) is 8.37. The van der Waals surface area contributed by atoms with E-state index < -0.39 is 20.6 Å². The molecule has 0 radical (unpaired) electrons. The molecule has 3 atom stereocenters. The molecule has 0 aromatic heterocycles. The first-order chi connectivity index (χ1) is 7.39. The van der Waals surface area contributed by atoms with E-state index in [1.54, 1.807) is 6.26 Å². The lowest BCUT2D eigenvalue weighted by atomic mass is 10.1. The fourth-order valence-corrected chi connectivity index (χ4v) is 4.32. The van der Waals surface area contributed by atoms with E-state index in [2.05, 4.69) is 5.32 Å². The highest BCUT2D eigenvalue weighted by Crippen LogP contribution is 2.13. The van der Waals surface area contributed by atoms with Gasteiger partial charge >= 0.3 is 0 Å². The number of sulfone groups is 1. The maximum absolute atomic E-state index is 11.4. The van der Waals surface area contributed by atoms with Crippen LogP contribution < -0.4 is 5.32 Å². The van der Waals surface area contributed by atoms with Gasteiger partial charge in [-0.15, -0.1) is 0 Å². The van der Waals surface area contributed by atoms with Crippen LogP contribution in [0.2, 0.25) is 0 Å². The van der Waals surface area contributed by atoms with Gasteiger partial charge in [-0.25, -0.2) is 8.42 Å². The van der Waals surface area contributed by atoms with Crippen LogP contribution in [0, 0.1) is 0 Å². The normalized spacial score (nSPS) is 28.5. The summed E-state index contributed by atoms with van der Waals surface area (Å²) in [5.41, 5.74) is 0. The Bertz CT molecular complexity index is 340. The quantitative estimate of drug-likeness (QED) is 0.779. The second-order valence-electron chi connectivity index (χ2n) is 4.59. The van der Waals surface area contributed by atoms with Crippen molar-refractivity contribution in [2.24, 2.45) is 0 Å². The van der Waals surface area contributed by atoms with Crippen molar-refractivity contribution in [3.63, 3.8) is 0 Å². The summed E-state index contributed by atoms with van der Waals surface area (Å²) in [5, 5.41) is 3.32. The molecule has 1 saturated heterocycles. The summed E-state index contributed by atoms with van der Waals surface area (Å²) < 4.78 is 33.8. The van der Waals surface area contributed by atoms with Crippen molar-refractivity contribution in [1.82, 2.24) is 5.32 Å². The Morgan fingerprint density at radius 1 is 1.50 bits per heavy atom. The Morgan fingerprint density at radius 3 is 2.75 bits per heavy atom. The van der Waals surface area contributed by atoms with E-state index in [1.165, 1.54) is 0 Å². The van der Waals surface area contributed by atoms with Crippen LogP contribution in [0.3, 0.4) is 0 Å². The summed E-state index contributed by atoms with van der Waals surface area (Å²) >= 11 is 0. The minimum Gasteiger partial charge on any atom is -0.310 e. The first-order valence-corrected chi connectivity index (χ1v) is 9.20.